The number of alkyl carbamates (subject to hydrolysis) is 1. The lowest BCUT2D eigenvalue weighted by Crippen LogP contribution is -2.53. The van der Waals surface area contributed by atoms with Crippen LogP contribution in [-0.4, -0.2) is 214 Å². The average Bonchev–Trinajstić information content (AvgIpc) is 1.65. The number of hydrogen-bond acceptors (Lipinski definition) is 17. The van der Waals surface area contributed by atoms with E-state index in [1.54, 1.807) is 60.7 Å². The second-order valence-electron chi connectivity index (χ2n) is 26.4. The van der Waals surface area contributed by atoms with Gasteiger partial charge >= 0.3 is 18.2 Å². The number of fused-ring (bicyclic) bond motifs is 2. The Hall–Kier alpha value is -5.01. The van der Waals surface area contributed by atoms with Crippen molar-refractivity contribution >= 4 is 84.6 Å². The second kappa shape index (κ2) is 34.6. The summed E-state index contributed by atoms with van der Waals surface area (Å²) >= 11 is 26.4. The third-order valence-corrected chi connectivity index (χ3v) is 23.1. The molecule has 0 radical (unpaired) electrons. The molecule has 24 nitrogen and oxygen atoms in total. The second-order valence-corrected chi connectivity index (χ2v) is 32.0. The molecule has 30 heteroatoms. The van der Waals surface area contributed by atoms with E-state index in [2.05, 4.69) is 36.4 Å². The van der Waals surface area contributed by atoms with Crippen molar-refractivity contribution in [2.75, 3.05) is 118 Å². The number of unbranched alkanes of at least 4 members (excludes halogenated alkanes) is 1. The molecule has 0 bridgehead atoms. The lowest BCUT2D eigenvalue weighted by Gasteiger charge is -2.39. The van der Waals surface area contributed by atoms with Crippen LogP contribution in [-0.2, 0) is 56.6 Å². The molecular formula is C67H92Cl4N10O14S2. The quantitative estimate of drug-likeness (QED) is 0.0267. The summed E-state index contributed by atoms with van der Waals surface area (Å²) in [4.78, 5) is 42.3. The summed E-state index contributed by atoms with van der Waals surface area (Å²) in [7, 11) is -7.62. The molecule has 4 saturated heterocycles. The van der Waals surface area contributed by atoms with Crippen LogP contribution < -0.4 is 41.8 Å². The third-order valence-electron chi connectivity index (χ3n) is 18.2. The van der Waals surface area contributed by atoms with E-state index in [1.165, 1.54) is 8.61 Å². The standard InChI is InChI=1S/C67H92Cl4N10O14S2/c1-67(2,3)95-66(84)77-47-9-7-25-79(41-47)61-39-55-57(35-45(69)37-59(55)71)63(61)94-49-12-16-53(17-13-49)97(87,88)81-27-19-51(43-81)92-33-31-90-29-23-76-65(83)74-21-5-4-20-73-64(82)75-22-28-89-30-32-91-50-18-26-80(42-50)96(85,86)52-14-10-48(11-15-52)93-62-56-34-44(68)36-58(70)54(56)38-60(62)78-24-6-8-46(72)40-78/h10-17,34-37,46-47,50-51,60-63H,4-9,18-33,38-43,72H2,1-3H3,(H,77,84)(H2,73,75,82)(H2,74,76,83)/t46-,47-,50-,51-,60+,61+,62+,63+/m1/s1. The summed E-state index contributed by atoms with van der Waals surface area (Å²) in [6.07, 6.45) is 5.46. The molecule has 7 N–H and O–H groups in total. The van der Waals surface area contributed by atoms with Gasteiger partial charge in [0.2, 0.25) is 20.0 Å². The van der Waals surface area contributed by atoms with Gasteiger partial charge in [0, 0.05) is 109 Å². The molecule has 10 rings (SSSR count). The number of hydrogen-bond donors (Lipinski definition) is 6. The number of sulfonamides is 2. The fourth-order valence-corrected chi connectivity index (χ4v) is 17.6. The molecule has 0 spiro atoms. The number of rotatable bonds is 30. The molecule has 0 aromatic heterocycles. The first kappa shape index (κ1) is 74.7. The monoisotopic (exact) mass is 1460 g/mol. The molecule has 0 unspecified atom stereocenters. The maximum Gasteiger partial charge on any atom is 0.407 e. The smallest absolute Gasteiger partial charge is 0.407 e. The lowest BCUT2D eigenvalue weighted by molar-refractivity contribution is 0.0123. The third kappa shape index (κ3) is 20.6. The first-order valence-corrected chi connectivity index (χ1v) is 38.0. The van der Waals surface area contributed by atoms with Crippen molar-refractivity contribution in [2.24, 2.45) is 5.73 Å². The topological polar surface area (TPSA) is 283 Å². The Labute approximate surface area is 589 Å². The Morgan fingerprint density at radius 3 is 1.44 bits per heavy atom. The Balaban J connectivity index is 0.528. The highest BCUT2D eigenvalue weighted by Gasteiger charge is 2.44. The molecule has 534 valence electrons. The normalized spacial score (nSPS) is 23.4. The zero-order chi connectivity index (χ0) is 68.9. The average molecular weight is 1470 g/mol. The van der Waals surface area contributed by atoms with Gasteiger partial charge in [-0.3, -0.25) is 9.80 Å². The van der Waals surface area contributed by atoms with Crippen LogP contribution in [0.1, 0.15) is 107 Å². The van der Waals surface area contributed by atoms with Crippen LogP contribution in [0.3, 0.4) is 0 Å². The van der Waals surface area contributed by atoms with Crippen molar-refractivity contribution in [1.29, 1.82) is 0 Å². The minimum atomic E-state index is -3.83. The van der Waals surface area contributed by atoms with Crippen LogP contribution in [0.15, 0.2) is 82.6 Å². The SMILES string of the molecule is CC(C)(C)OC(=O)N[C@@H]1CCCN([C@H]2Cc3c(Cl)cc(Cl)cc3[C@@H]2Oc2ccc(S(=O)(=O)N3CC[C@@H](OCCOCCNC(=O)NCCCCNC(=O)NCCOCCO[C@@H]4CCN(S(=O)(=O)c5ccc(O[C@H]6c7cc(Cl)cc(Cl)c7C[C@@H]6N6CCC[C@@H](N)C6)cc5)C4)C3)cc2)C1. The molecule has 5 amide bonds. The van der Waals surface area contributed by atoms with Gasteiger partial charge in [-0.1, -0.05) is 46.4 Å². The van der Waals surface area contributed by atoms with E-state index in [9.17, 15) is 31.2 Å². The zero-order valence-corrected chi connectivity index (χ0v) is 59.9. The number of carbonyl (C=O) groups excluding carboxylic acids is 3. The number of amides is 5. The number of benzene rings is 4. The summed E-state index contributed by atoms with van der Waals surface area (Å²) in [6, 6.07) is 19.4. The number of piperidine rings is 2. The van der Waals surface area contributed by atoms with Crippen molar-refractivity contribution in [3.05, 3.63) is 115 Å². The van der Waals surface area contributed by atoms with Gasteiger partial charge in [-0.25, -0.2) is 31.2 Å². The molecule has 4 aromatic carbocycles. The first-order chi connectivity index (χ1) is 46.5. The minimum Gasteiger partial charge on any atom is -0.484 e. The molecule has 6 aliphatic rings. The van der Waals surface area contributed by atoms with E-state index in [0.29, 0.717) is 103 Å². The Bertz CT molecular complexity index is 3550. The number of urea groups is 2. The number of likely N-dealkylation sites (tertiary alicyclic amines) is 2. The maximum absolute atomic E-state index is 13.8. The number of ether oxygens (including phenoxy) is 7. The zero-order valence-electron chi connectivity index (χ0n) is 55.3. The molecule has 4 aliphatic heterocycles. The highest BCUT2D eigenvalue weighted by molar-refractivity contribution is 7.89. The number of halogens is 4. The summed E-state index contributed by atoms with van der Waals surface area (Å²) in [5.74, 6) is 1.03. The summed E-state index contributed by atoms with van der Waals surface area (Å²) in [6.45, 7) is 12.5. The van der Waals surface area contributed by atoms with Crippen molar-refractivity contribution in [2.45, 2.75) is 149 Å². The predicted octanol–water partition coefficient (Wildman–Crippen LogP) is 8.47. The van der Waals surface area contributed by atoms with E-state index in [0.717, 1.165) is 67.6 Å². The number of nitrogens with one attached hydrogen (secondary N) is 5. The van der Waals surface area contributed by atoms with Gasteiger partial charge in [0.05, 0.1) is 73.7 Å². The van der Waals surface area contributed by atoms with Crippen molar-refractivity contribution in [1.82, 2.24) is 45.0 Å². The molecule has 8 atom stereocenters. The summed E-state index contributed by atoms with van der Waals surface area (Å²) < 4.78 is 99.9. The summed E-state index contributed by atoms with van der Waals surface area (Å²) in [5.41, 5.74) is 9.50. The van der Waals surface area contributed by atoms with E-state index in [-0.39, 0.29) is 130 Å². The van der Waals surface area contributed by atoms with Crippen molar-refractivity contribution in [3.63, 3.8) is 0 Å². The van der Waals surface area contributed by atoms with Crippen LogP contribution in [0.5, 0.6) is 11.5 Å². The predicted molar refractivity (Wildman–Crippen MR) is 370 cm³/mol. The van der Waals surface area contributed by atoms with Gasteiger partial charge < -0.3 is 65.5 Å². The van der Waals surface area contributed by atoms with Gasteiger partial charge in [0.25, 0.3) is 0 Å². The fraction of sp³-hybridized carbons (Fsp3) is 0.597. The van der Waals surface area contributed by atoms with E-state index < -0.39 is 37.8 Å². The van der Waals surface area contributed by atoms with Gasteiger partial charge in [-0.05, 0) is 182 Å². The molecule has 97 heavy (non-hydrogen) atoms. The first-order valence-electron chi connectivity index (χ1n) is 33.6. The van der Waals surface area contributed by atoms with Crippen LogP contribution >= 0.6 is 46.4 Å². The highest BCUT2D eigenvalue weighted by atomic mass is 35.5. The molecule has 2 aliphatic carbocycles. The molecule has 4 aromatic rings. The summed E-state index contributed by atoms with van der Waals surface area (Å²) in [5, 5.41) is 16.3. The molecule has 4 heterocycles. The van der Waals surface area contributed by atoms with Gasteiger partial charge in [0.1, 0.15) is 29.3 Å². The van der Waals surface area contributed by atoms with Crippen LogP contribution in [0.4, 0.5) is 14.4 Å². The van der Waals surface area contributed by atoms with E-state index >= 15 is 0 Å². The Morgan fingerprint density at radius 1 is 0.546 bits per heavy atom. The van der Waals surface area contributed by atoms with Crippen molar-refractivity contribution in [3.8, 4) is 11.5 Å². The van der Waals surface area contributed by atoms with E-state index in [1.807, 2.05) is 32.9 Å². The molecule has 4 fully saturated rings. The number of carbonyl (C=O) groups is 3. The van der Waals surface area contributed by atoms with Crippen LogP contribution in [0.2, 0.25) is 20.1 Å². The molecule has 0 saturated carbocycles. The fourth-order valence-electron chi connectivity index (χ4n) is 13.5. The number of nitrogens with two attached hydrogens (primary N) is 1. The van der Waals surface area contributed by atoms with Crippen molar-refractivity contribution < 1.29 is 64.4 Å². The Morgan fingerprint density at radius 2 is 0.990 bits per heavy atom. The maximum atomic E-state index is 13.8. The number of nitrogens with zero attached hydrogens (tertiary/aromatic N) is 4. The van der Waals surface area contributed by atoms with Gasteiger partial charge in [-0.2, -0.15) is 8.61 Å². The van der Waals surface area contributed by atoms with Gasteiger partial charge in [0.15, 0.2) is 0 Å². The Kier molecular flexibility index (Phi) is 26.6. The van der Waals surface area contributed by atoms with Crippen LogP contribution in [0, 0.1) is 0 Å². The van der Waals surface area contributed by atoms with E-state index in [4.69, 9.17) is 85.3 Å². The highest BCUT2D eigenvalue weighted by Crippen LogP contribution is 2.45. The lowest BCUT2D eigenvalue weighted by atomic mass is 10.0. The largest absolute Gasteiger partial charge is 0.484 e. The van der Waals surface area contributed by atoms with Gasteiger partial charge in [-0.15, -0.1) is 0 Å². The minimum absolute atomic E-state index is 0.00589. The molecular weight excluding hydrogens is 1370 g/mol. The van der Waals surface area contributed by atoms with Crippen LogP contribution in [0.25, 0.3) is 0 Å².